The van der Waals surface area contributed by atoms with E-state index in [-0.39, 0.29) is 24.0 Å². The van der Waals surface area contributed by atoms with E-state index in [1.54, 1.807) is 11.3 Å². The lowest BCUT2D eigenvalue weighted by atomic mass is 10.3. The van der Waals surface area contributed by atoms with Crippen LogP contribution in [0.5, 0.6) is 0 Å². The molecule has 0 aromatic carbocycles. The minimum absolute atomic E-state index is 0. The molecule has 0 bridgehead atoms. The highest BCUT2D eigenvalue weighted by molar-refractivity contribution is 14.0. The monoisotopic (exact) mass is 399 g/mol. The Bertz CT molecular complexity index is 408. The van der Waals surface area contributed by atoms with Gasteiger partial charge in [-0.3, -0.25) is 4.99 Å². The SMILES string of the molecule is CN=C(NCCc1ccc(Cl)s1)NC1CC1C.I. The van der Waals surface area contributed by atoms with E-state index >= 15 is 0 Å². The summed E-state index contributed by atoms with van der Waals surface area (Å²) in [6.07, 6.45) is 2.24. The van der Waals surface area contributed by atoms with Crippen molar-refractivity contribution in [3.05, 3.63) is 21.3 Å². The Morgan fingerprint density at radius 3 is 2.78 bits per heavy atom. The molecule has 2 atom stereocenters. The Balaban J connectivity index is 0.00000162. The molecule has 1 aromatic heterocycles. The molecule has 0 spiro atoms. The minimum atomic E-state index is 0. The fourth-order valence-corrected chi connectivity index (χ4v) is 2.77. The Morgan fingerprint density at radius 1 is 1.56 bits per heavy atom. The van der Waals surface area contributed by atoms with Crippen LogP contribution in [0.3, 0.4) is 0 Å². The van der Waals surface area contributed by atoms with Gasteiger partial charge in [-0.15, -0.1) is 35.3 Å². The van der Waals surface area contributed by atoms with Gasteiger partial charge in [0, 0.05) is 24.5 Å². The van der Waals surface area contributed by atoms with Crippen molar-refractivity contribution in [1.82, 2.24) is 10.6 Å². The predicted molar refractivity (Wildman–Crippen MR) is 90.5 cm³/mol. The summed E-state index contributed by atoms with van der Waals surface area (Å²) in [4.78, 5) is 5.51. The number of aliphatic imine (C=N–C) groups is 1. The van der Waals surface area contributed by atoms with Crippen molar-refractivity contribution in [3.63, 3.8) is 0 Å². The highest BCUT2D eigenvalue weighted by Crippen LogP contribution is 2.28. The van der Waals surface area contributed by atoms with Gasteiger partial charge in [-0.05, 0) is 30.9 Å². The second kappa shape index (κ2) is 7.55. The van der Waals surface area contributed by atoms with E-state index in [0.29, 0.717) is 6.04 Å². The average Bonchev–Trinajstić information content (AvgIpc) is 2.82. The maximum absolute atomic E-state index is 5.88. The van der Waals surface area contributed by atoms with Crippen LogP contribution in [-0.4, -0.2) is 25.6 Å². The van der Waals surface area contributed by atoms with Crippen LogP contribution >= 0.6 is 46.9 Å². The maximum atomic E-state index is 5.88. The molecule has 3 nitrogen and oxygen atoms in total. The van der Waals surface area contributed by atoms with Crippen molar-refractivity contribution >= 4 is 52.9 Å². The van der Waals surface area contributed by atoms with Crippen molar-refractivity contribution < 1.29 is 0 Å². The zero-order chi connectivity index (χ0) is 12.3. The fraction of sp³-hybridized carbons (Fsp3) is 0.583. The molecule has 1 aliphatic carbocycles. The van der Waals surface area contributed by atoms with Crippen LogP contribution in [0.1, 0.15) is 18.2 Å². The number of halogens is 2. The van der Waals surface area contributed by atoms with Gasteiger partial charge in [0.05, 0.1) is 4.34 Å². The Hall–Kier alpha value is -0.0100. The lowest BCUT2D eigenvalue weighted by molar-refractivity contribution is 0.760. The first-order valence-corrected chi connectivity index (χ1v) is 7.10. The number of nitrogens with zero attached hydrogens (tertiary/aromatic N) is 1. The number of guanidine groups is 1. The molecule has 1 heterocycles. The van der Waals surface area contributed by atoms with Crippen molar-refractivity contribution in [2.24, 2.45) is 10.9 Å². The van der Waals surface area contributed by atoms with E-state index in [9.17, 15) is 0 Å². The van der Waals surface area contributed by atoms with E-state index in [1.165, 1.54) is 11.3 Å². The number of hydrogen-bond acceptors (Lipinski definition) is 2. The predicted octanol–water partition coefficient (Wildman–Crippen LogP) is 3.14. The molecular formula is C12H19ClIN3S. The van der Waals surface area contributed by atoms with E-state index in [2.05, 4.69) is 28.6 Å². The largest absolute Gasteiger partial charge is 0.356 e. The Labute approximate surface area is 134 Å². The minimum Gasteiger partial charge on any atom is -0.356 e. The first-order chi connectivity index (χ1) is 8.19. The third kappa shape index (κ3) is 4.93. The van der Waals surface area contributed by atoms with Crippen molar-refractivity contribution in [2.75, 3.05) is 13.6 Å². The van der Waals surface area contributed by atoms with Crippen molar-refractivity contribution in [2.45, 2.75) is 25.8 Å². The summed E-state index contributed by atoms with van der Waals surface area (Å²) in [5.41, 5.74) is 0. The molecular weight excluding hydrogens is 381 g/mol. The zero-order valence-electron chi connectivity index (χ0n) is 10.6. The number of rotatable bonds is 4. The van der Waals surface area contributed by atoms with Crippen LogP contribution in [0.15, 0.2) is 17.1 Å². The fourth-order valence-electron chi connectivity index (χ4n) is 1.68. The van der Waals surface area contributed by atoms with Crippen LogP contribution < -0.4 is 10.6 Å². The van der Waals surface area contributed by atoms with Gasteiger partial charge in [0.25, 0.3) is 0 Å². The molecule has 1 fully saturated rings. The van der Waals surface area contributed by atoms with Gasteiger partial charge in [0.15, 0.2) is 5.96 Å². The van der Waals surface area contributed by atoms with Gasteiger partial charge in [-0.2, -0.15) is 0 Å². The molecule has 2 rings (SSSR count). The summed E-state index contributed by atoms with van der Waals surface area (Å²) in [7, 11) is 1.81. The summed E-state index contributed by atoms with van der Waals surface area (Å²) < 4.78 is 0.856. The van der Waals surface area contributed by atoms with E-state index in [4.69, 9.17) is 11.6 Å². The Kier molecular flexibility index (Phi) is 6.73. The smallest absolute Gasteiger partial charge is 0.191 e. The van der Waals surface area contributed by atoms with E-state index in [0.717, 1.165) is 29.2 Å². The van der Waals surface area contributed by atoms with Crippen LogP contribution in [0, 0.1) is 5.92 Å². The van der Waals surface area contributed by atoms with E-state index in [1.807, 2.05) is 13.1 Å². The second-order valence-corrected chi connectivity index (χ2v) is 6.22. The number of thiophene rings is 1. The first-order valence-electron chi connectivity index (χ1n) is 5.90. The summed E-state index contributed by atoms with van der Waals surface area (Å²) in [6, 6.07) is 4.63. The van der Waals surface area contributed by atoms with Gasteiger partial charge in [-0.1, -0.05) is 18.5 Å². The third-order valence-corrected chi connectivity index (χ3v) is 4.24. The molecule has 1 saturated carbocycles. The topological polar surface area (TPSA) is 36.4 Å². The van der Waals surface area contributed by atoms with Crippen molar-refractivity contribution in [3.8, 4) is 0 Å². The van der Waals surface area contributed by atoms with Crippen LogP contribution in [-0.2, 0) is 6.42 Å². The molecule has 1 aromatic rings. The summed E-state index contributed by atoms with van der Waals surface area (Å²) >= 11 is 7.52. The average molecular weight is 400 g/mol. The molecule has 18 heavy (non-hydrogen) atoms. The molecule has 102 valence electrons. The molecule has 1 aliphatic rings. The molecule has 0 amide bonds. The first kappa shape index (κ1) is 16.0. The summed E-state index contributed by atoms with van der Waals surface area (Å²) in [5, 5.41) is 6.72. The summed E-state index contributed by atoms with van der Waals surface area (Å²) in [6.45, 7) is 3.14. The molecule has 0 saturated heterocycles. The van der Waals surface area contributed by atoms with Gasteiger partial charge >= 0.3 is 0 Å². The second-order valence-electron chi connectivity index (χ2n) is 4.42. The molecule has 6 heteroatoms. The third-order valence-electron chi connectivity index (χ3n) is 2.95. The molecule has 2 N–H and O–H groups in total. The van der Waals surface area contributed by atoms with Crippen LogP contribution in [0.4, 0.5) is 0 Å². The highest BCUT2D eigenvalue weighted by Gasteiger charge is 2.33. The normalized spacial score (nSPS) is 22.3. The molecule has 2 unspecified atom stereocenters. The van der Waals surface area contributed by atoms with Crippen LogP contribution in [0.2, 0.25) is 4.34 Å². The van der Waals surface area contributed by atoms with E-state index < -0.39 is 0 Å². The molecule has 0 aliphatic heterocycles. The maximum Gasteiger partial charge on any atom is 0.191 e. The van der Waals surface area contributed by atoms with Gasteiger partial charge in [-0.25, -0.2) is 0 Å². The number of hydrogen-bond donors (Lipinski definition) is 2. The standard InChI is InChI=1S/C12H18ClN3S.HI/c1-8-7-10(8)16-12(14-2)15-6-5-9-3-4-11(13)17-9;/h3-4,8,10H,5-7H2,1-2H3,(H2,14,15,16);1H. The van der Waals surface area contributed by atoms with Gasteiger partial charge < -0.3 is 10.6 Å². The Morgan fingerprint density at radius 2 is 2.28 bits per heavy atom. The lowest BCUT2D eigenvalue weighted by Gasteiger charge is -2.10. The number of nitrogens with one attached hydrogen (secondary N) is 2. The lowest BCUT2D eigenvalue weighted by Crippen LogP contribution is -2.39. The summed E-state index contributed by atoms with van der Waals surface area (Å²) in [5.74, 6) is 1.69. The quantitative estimate of drug-likeness (QED) is 0.464. The molecule has 0 radical (unpaired) electrons. The van der Waals surface area contributed by atoms with Crippen LogP contribution in [0.25, 0.3) is 0 Å². The van der Waals surface area contributed by atoms with Gasteiger partial charge in [0.1, 0.15) is 0 Å². The van der Waals surface area contributed by atoms with Gasteiger partial charge in [0.2, 0.25) is 0 Å². The zero-order valence-corrected chi connectivity index (χ0v) is 14.5. The van der Waals surface area contributed by atoms with Crippen molar-refractivity contribution in [1.29, 1.82) is 0 Å². The highest BCUT2D eigenvalue weighted by atomic mass is 127.